The van der Waals surface area contributed by atoms with E-state index < -0.39 is 11.7 Å². The molecule has 0 bridgehead atoms. The van der Waals surface area contributed by atoms with Crippen molar-refractivity contribution in [3.63, 3.8) is 0 Å². The number of anilines is 1. The molecule has 1 unspecified atom stereocenters. The van der Waals surface area contributed by atoms with Crippen LogP contribution in [0, 0.1) is 5.92 Å². The van der Waals surface area contributed by atoms with Gasteiger partial charge in [0.25, 0.3) is 0 Å². The molecule has 4 rings (SSSR count). The van der Waals surface area contributed by atoms with Crippen LogP contribution in [0.2, 0.25) is 0 Å². The molecule has 0 spiro atoms. The molecule has 1 amide bonds. The Morgan fingerprint density at radius 2 is 1.94 bits per heavy atom. The Morgan fingerprint density at radius 1 is 1.12 bits per heavy atom. The van der Waals surface area contributed by atoms with E-state index in [1.807, 2.05) is 31.3 Å². The van der Waals surface area contributed by atoms with Crippen LogP contribution in [-0.2, 0) is 24.1 Å². The molecular weight excluding hydrogens is 431 g/mol. The second-order valence-electron chi connectivity index (χ2n) is 8.38. The van der Waals surface area contributed by atoms with E-state index in [1.165, 1.54) is 6.07 Å². The summed E-state index contributed by atoms with van der Waals surface area (Å²) in [6, 6.07) is 12.6. The van der Waals surface area contributed by atoms with Gasteiger partial charge >= 0.3 is 6.18 Å². The largest absolute Gasteiger partial charge is 0.416 e. The first-order valence-electron chi connectivity index (χ1n) is 10.9. The minimum absolute atomic E-state index is 0.0169. The maximum absolute atomic E-state index is 13.0. The molecule has 9 heteroatoms. The minimum Gasteiger partial charge on any atom is -0.365 e. The van der Waals surface area contributed by atoms with Gasteiger partial charge in [-0.2, -0.15) is 13.2 Å². The quantitative estimate of drug-likeness (QED) is 0.580. The lowest BCUT2D eigenvalue weighted by Gasteiger charge is -2.28. The minimum atomic E-state index is -4.39. The standard InChI is InChI=1S/C24H26F3N5O/c1-32-11-5-7-17(15-32)23(33)29-14-21-30-20-10-3-2-9-19(20)22(31-21)28-13-16-6-4-8-18(12-16)24(25,26)27/h2-4,6,8-10,12,17H,5,7,11,13-15H2,1H3,(H,29,33)(H,28,30,31). The average Bonchev–Trinajstić information content (AvgIpc) is 2.80. The average molecular weight is 458 g/mol. The summed E-state index contributed by atoms with van der Waals surface area (Å²) in [6.07, 6.45) is -2.54. The Bertz CT molecular complexity index is 1130. The van der Waals surface area contributed by atoms with Crippen molar-refractivity contribution in [1.29, 1.82) is 0 Å². The number of aromatic nitrogens is 2. The molecule has 2 aromatic carbocycles. The first kappa shape index (κ1) is 23.0. The molecule has 6 nitrogen and oxygen atoms in total. The number of likely N-dealkylation sites (tertiary alicyclic amines) is 1. The zero-order valence-corrected chi connectivity index (χ0v) is 18.3. The molecule has 1 atom stereocenters. The summed E-state index contributed by atoms with van der Waals surface area (Å²) < 4.78 is 39.1. The topological polar surface area (TPSA) is 70.2 Å². The van der Waals surface area contributed by atoms with Gasteiger partial charge in [0.1, 0.15) is 5.82 Å². The fraction of sp³-hybridized carbons (Fsp3) is 0.375. The molecule has 1 aliphatic rings. The summed E-state index contributed by atoms with van der Waals surface area (Å²) in [4.78, 5) is 23.8. The number of carbonyl (C=O) groups excluding carboxylic acids is 1. The van der Waals surface area contributed by atoms with Crippen molar-refractivity contribution < 1.29 is 18.0 Å². The number of nitrogens with zero attached hydrogens (tertiary/aromatic N) is 3. The lowest BCUT2D eigenvalue weighted by Crippen LogP contribution is -2.41. The number of fused-ring (bicyclic) bond motifs is 1. The number of rotatable bonds is 6. The molecule has 1 aliphatic heterocycles. The monoisotopic (exact) mass is 457 g/mol. The van der Waals surface area contributed by atoms with Gasteiger partial charge in [0.2, 0.25) is 5.91 Å². The van der Waals surface area contributed by atoms with Crippen LogP contribution in [0.25, 0.3) is 10.9 Å². The van der Waals surface area contributed by atoms with Crippen molar-refractivity contribution in [3.05, 3.63) is 65.5 Å². The van der Waals surface area contributed by atoms with E-state index >= 15 is 0 Å². The van der Waals surface area contributed by atoms with Crippen LogP contribution < -0.4 is 10.6 Å². The van der Waals surface area contributed by atoms with E-state index in [4.69, 9.17) is 0 Å². The van der Waals surface area contributed by atoms with Crippen LogP contribution in [0.1, 0.15) is 29.8 Å². The second-order valence-corrected chi connectivity index (χ2v) is 8.38. The fourth-order valence-electron chi connectivity index (χ4n) is 4.07. The summed E-state index contributed by atoms with van der Waals surface area (Å²) in [7, 11) is 2.01. The predicted molar refractivity (Wildman–Crippen MR) is 120 cm³/mol. The van der Waals surface area contributed by atoms with Gasteiger partial charge in [-0.1, -0.05) is 24.3 Å². The number of piperidine rings is 1. The predicted octanol–water partition coefficient (Wildman–Crippen LogP) is 4.22. The fourth-order valence-corrected chi connectivity index (χ4v) is 4.07. The van der Waals surface area contributed by atoms with Crippen LogP contribution in [0.4, 0.5) is 19.0 Å². The molecule has 1 fully saturated rings. The Labute approximate surface area is 190 Å². The summed E-state index contributed by atoms with van der Waals surface area (Å²) in [5.41, 5.74) is 0.496. The van der Waals surface area contributed by atoms with Gasteiger partial charge < -0.3 is 15.5 Å². The number of para-hydroxylation sites is 1. The van der Waals surface area contributed by atoms with Crippen LogP contribution in [-0.4, -0.2) is 40.9 Å². The van der Waals surface area contributed by atoms with E-state index in [9.17, 15) is 18.0 Å². The van der Waals surface area contributed by atoms with Crippen molar-refractivity contribution in [2.24, 2.45) is 5.92 Å². The van der Waals surface area contributed by atoms with Gasteiger partial charge in [-0.3, -0.25) is 4.79 Å². The molecule has 0 saturated carbocycles. The molecule has 33 heavy (non-hydrogen) atoms. The van der Waals surface area contributed by atoms with Crippen LogP contribution >= 0.6 is 0 Å². The number of halogens is 3. The number of carbonyl (C=O) groups is 1. The number of hydrogen-bond donors (Lipinski definition) is 2. The summed E-state index contributed by atoms with van der Waals surface area (Å²) in [5, 5.41) is 6.84. The highest BCUT2D eigenvalue weighted by atomic mass is 19.4. The molecule has 0 radical (unpaired) electrons. The summed E-state index contributed by atoms with van der Waals surface area (Å²) in [5.74, 6) is 0.886. The molecular formula is C24H26F3N5O. The van der Waals surface area contributed by atoms with E-state index in [0.29, 0.717) is 22.7 Å². The van der Waals surface area contributed by atoms with Crippen LogP contribution in [0.15, 0.2) is 48.5 Å². The van der Waals surface area contributed by atoms with Gasteiger partial charge in [0, 0.05) is 18.5 Å². The van der Waals surface area contributed by atoms with E-state index in [2.05, 4.69) is 25.5 Å². The molecule has 1 saturated heterocycles. The third kappa shape index (κ3) is 5.78. The Kier molecular flexibility index (Phi) is 6.78. The molecule has 174 valence electrons. The first-order valence-corrected chi connectivity index (χ1v) is 10.9. The number of alkyl halides is 3. The third-order valence-corrected chi connectivity index (χ3v) is 5.78. The van der Waals surface area contributed by atoms with Gasteiger partial charge in [-0.15, -0.1) is 0 Å². The van der Waals surface area contributed by atoms with Gasteiger partial charge in [-0.05, 0) is 56.3 Å². The Morgan fingerprint density at radius 3 is 2.73 bits per heavy atom. The molecule has 0 aliphatic carbocycles. The number of amides is 1. The molecule has 1 aromatic heterocycles. The number of hydrogen-bond acceptors (Lipinski definition) is 5. The Hall–Kier alpha value is -3.20. The summed E-state index contributed by atoms with van der Waals surface area (Å²) in [6.45, 7) is 2.08. The maximum Gasteiger partial charge on any atom is 0.416 e. The lowest BCUT2D eigenvalue weighted by molar-refractivity contribution is -0.137. The van der Waals surface area contributed by atoms with Crippen molar-refractivity contribution in [2.45, 2.75) is 32.1 Å². The summed E-state index contributed by atoms with van der Waals surface area (Å²) >= 11 is 0. The van der Waals surface area contributed by atoms with Crippen LogP contribution in [0.5, 0.6) is 0 Å². The highest BCUT2D eigenvalue weighted by Gasteiger charge is 2.30. The first-order chi connectivity index (χ1) is 15.8. The third-order valence-electron chi connectivity index (χ3n) is 5.78. The molecule has 3 aromatic rings. The number of nitrogens with one attached hydrogen (secondary N) is 2. The van der Waals surface area contributed by atoms with Gasteiger partial charge in [-0.25, -0.2) is 9.97 Å². The van der Waals surface area contributed by atoms with E-state index in [1.54, 1.807) is 6.07 Å². The Balaban J connectivity index is 1.49. The van der Waals surface area contributed by atoms with Crippen LogP contribution in [0.3, 0.4) is 0 Å². The normalized spacial score (nSPS) is 17.2. The maximum atomic E-state index is 13.0. The van der Waals surface area contributed by atoms with Gasteiger partial charge in [0.15, 0.2) is 5.82 Å². The lowest BCUT2D eigenvalue weighted by atomic mass is 9.98. The van der Waals surface area contributed by atoms with E-state index in [0.717, 1.165) is 43.5 Å². The van der Waals surface area contributed by atoms with E-state index in [-0.39, 0.29) is 24.9 Å². The van der Waals surface area contributed by atoms with Crippen molar-refractivity contribution >= 4 is 22.6 Å². The van der Waals surface area contributed by atoms with Crippen molar-refractivity contribution in [2.75, 3.05) is 25.5 Å². The number of benzene rings is 2. The SMILES string of the molecule is CN1CCCC(C(=O)NCc2nc(NCc3cccc(C(F)(F)F)c3)c3ccccc3n2)C1. The zero-order valence-electron chi connectivity index (χ0n) is 18.3. The zero-order chi connectivity index (χ0) is 23.4. The van der Waals surface area contributed by atoms with Gasteiger partial charge in [0.05, 0.1) is 23.5 Å². The van der Waals surface area contributed by atoms with Crippen molar-refractivity contribution in [1.82, 2.24) is 20.2 Å². The highest BCUT2D eigenvalue weighted by Crippen LogP contribution is 2.30. The highest BCUT2D eigenvalue weighted by molar-refractivity contribution is 5.89. The smallest absolute Gasteiger partial charge is 0.365 e. The molecule has 2 N–H and O–H groups in total. The van der Waals surface area contributed by atoms with Crippen molar-refractivity contribution in [3.8, 4) is 0 Å². The molecule has 2 heterocycles. The second kappa shape index (κ2) is 9.74.